The Labute approximate surface area is 348 Å². The number of thiophene rings is 1. The minimum absolute atomic E-state index is 0. The second-order valence-electron chi connectivity index (χ2n) is 12.6. The van der Waals surface area contributed by atoms with Crippen LogP contribution >= 0.6 is 27.2 Å². The van der Waals surface area contributed by atoms with Gasteiger partial charge in [-0.05, 0) is 77.9 Å². The van der Waals surface area contributed by atoms with Gasteiger partial charge in [-0.25, -0.2) is 12.1 Å². The smallest absolute Gasteiger partial charge is 0.693 e. The third-order valence-corrected chi connectivity index (χ3v) is 14.6. The molecule has 1 aliphatic rings. The van der Waals surface area contributed by atoms with E-state index in [1.807, 2.05) is 36.4 Å². The van der Waals surface area contributed by atoms with Crippen LogP contribution in [0, 0.1) is 18.3 Å². The summed E-state index contributed by atoms with van der Waals surface area (Å²) < 4.78 is 0. The molecule has 0 N–H and O–H groups in total. The van der Waals surface area contributed by atoms with E-state index in [-0.39, 0.29) is 19.5 Å². The maximum atomic E-state index is 7.16. The predicted molar refractivity (Wildman–Crippen MR) is 239 cm³/mol. The molecule has 0 spiro atoms. The van der Waals surface area contributed by atoms with Gasteiger partial charge in [0.25, 0.3) is 0 Å². The van der Waals surface area contributed by atoms with Gasteiger partial charge in [0, 0.05) is 10.8 Å². The topological polar surface area (TPSA) is 0 Å². The van der Waals surface area contributed by atoms with Crippen molar-refractivity contribution in [2.24, 2.45) is 5.92 Å². The molecule has 1 heterocycles. The molecule has 0 aliphatic heterocycles. The molecule has 55 heavy (non-hydrogen) atoms. The Balaban J connectivity index is 0.000000151. The van der Waals surface area contributed by atoms with Crippen LogP contribution < -0.4 is 31.8 Å². The van der Waals surface area contributed by atoms with Crippen molar-refractivity contribution in [3.05, 3.63) is 241 Å². The maximum absolute atomic E-state index is 7.16. The van der Waals surface area contributed by atoms with Crippen LogP contribution in [-0.2, 0) is 19.5 Å². The first kappa shape index (κ1) is 41.6. The van der Waals surface area contributed by atoms with Crippen LogP contribution in [-0.4, -0.2) is 0 Å². The monoisotopic (exact) mass is 852 g/mol. The molecular formula is C51H44P2RuS. The molecule has 0 radical (unpaired) electrons. The average molecular weight is 852 g/mol. The van der Waals surface area contributed by atoms with Gasteiger partial charge in [0.2, 0.25) is 0 Å². The second-order valence-corrected chi connectivity index (χ2v) is 18.0. The molecule has 9 rings (SSSR count). The zero-order chi connectivity index (χ0) is 37.0. The molecule has 0 saturated heterocycles. The summed E-state index contributed by atoms with van der Waals surface area (Å²) in [6.45, 7) is 0. The molecule has 0 amide bonds. The summed E-state index contributed by atoms with van der Waals surface area (Å²) in [4.78, 5) is 1.31. The van der Waals surface area contributed by atoms with Crippen molar-refractivity contribution in [1.82, 2.24) is 0 Å². The molecular weight excluding hydrogens is 808 g/mol. The molecule has 0 bridgehead atoms. The average Bonchev–Trinajstić information content (AvgIpc) is 3.62. The van der Waals surface area contributed by atoms with E-state index < -0.39 is 15.8 Å². The largest absolute Gasteiger partial charge is 2.00 e. The number of benzene rings is 6. The molecule has 1 aliphatic carbocycles. The van der Waals surface area contributed by atoms with Crippen molar-refractivity contribution in [2.75, 3.05) is 0 Å². The molecule has 272 valence electrons. The van der Waals surface area contributed by atoms with Crippen LogP contribution in [0.5, 0.6) is 0 Å². The van der Waals surface area contributed by atoms with Gasteiger partial charge in [-0.3, -0.25) is 0 Å². The Morgan fingerprint density at radius 2 is 0.764 bits per heavy atom. The molecule has 1 aromatic heterocycles. The first-order valence-corrected chi connectivity index (χ1v) is 21.9. The molecule has 4 heteroatoms. The Morgan fingerprint density at radius 3 is 0.964 bits per heavy atom. The molecule has 1 unspecified atom stereocenters. The molecule has 1 fully saturated rings. The summed E-state index contributed by atoms with van der Waals surface area (Å²) in [5.74, 6) is 3.66. The van der Waals surface area contributed by atoms with Gasteiger partial charge in [0.1, 0.15) is 0 Å². The van der Waals surface area contributed by atoms with E-state index in [1.165, 1.54) is 49.5 Å². The Morgan fingerprint density at radius 1 is 0.455 bits per heavy atom. The van der Waals surface area contributed by atoms with Gasteiger partial charge in [-0.15, -0.1) is 11.3 Å². The van der Waals surface area contributed by atoms with E-state index in [2.05, 4.69) is 199 Å². The normalized spacial score (nSPS) is 11.9. The zero-order valence-corrected chi connectivity index (χ0v) is 35.0. The summed E-state index contributed by atoms with van der Waals surface area (Å²) in [7, 11) is -0.892. The summed E-state index contributed by atoms with van der Waals surface area (Å²) in [5, 5.41) is 10.5. The standard InChI is InChI=1S/2C18H15P.C10H9S.C5H5.Ru/c2*1-4-10-16(11-5-1)19(17-12-6-2-7-13-17)18-14-8-3-9-15-18;1-2-9(8-5-6-8)10-4-3-7-11-10;1-2-4-5-3-1;/h2*1-15H;3-4,7-9H,5-6H2;1-5H;/q;;2*-1;+2. The van der Waals surface area contributed by atoms with Crippen LogP contribution in [0.25, 0.3) is 0 Å². The van der Waals surface area contributed by atoms with Gasteiger partial charge in [-0.2, -0.15) is 18.2 Å². The van der Waals surface area contributed by atoms with Gasteiger partial charge in [0.05, 0.1) is 0 Å². The first-order valence-electron chi connectivity index (χ1n) is 18.3. The fraction of sp³-hybridized carbons (Fsp3) is 0.0784. The van der Waals surface area contributed by atoms with Crippen LogP contribution in [0.1, 0.15) is 23.6 Å². The molecule has 1 atom stereocenters. The zero-order valence-electron chi connectivity index (χ0n) is 30.7. The van der Waals surface area contributed by atoms with Gasteiger partial charge in [0.15, 0.2) is 0 Å². The van der Waals surface area contributed by atoms with Crippen molar-refractivity contribution in [3.8, 4) is 5.92 Å². The quantitative estimate of drug-likeness (QED) is 0.0618. The van der Waals surface area contributed by atoms with Crippen LogP contribution in [0.2, 0.25) is 0 Å². The minimum atomic E-state index is -0.446. The van der Waals surface area contributed by atoms with Gasteiger partial charge < -0.3 is 12.3 Å². The summed E-state index contributed by atoms with van der Waals surface area (Å²) in [6, 6.07) is 78.8. The third kappa shape index (κ3) is 13.0. The predicted octanol–water partition coefficient (Wildman–Crippen LogP) is 11.1. The van der Waals surface area contributed by atoms with Crippen molar-refractivity contribution in [2.45, 2.75) is 18.8 Å². The van der Waals surface area contributed by atoms with E-state index in [4.69, 9.17) is 6.42 Å². The summed E-state index contributed by atoms with van der Waals surface area (Å²) >= 11 is 1.74. The fourth-order valence-electron chi connectivity index (χ4n) is 6.00. The van der Waals surface area contributed by atoms with E-state index in [9.17, 15) is 0 Å². The molecule has 7 aromatic carbocycles. The SMILES string of the molecule is [C-]#CC(c1cccs1)C1CC1.[Ru+2].c1cc[cH-]c1.c1ccc(P(c2ccccc2)c2ccccc2)cc1.c1ccc(P(c2ccccc2)c2ccccc2)cc1. The van der Waals surface area contributed by atoms with E-state index in [0.717, 1.165) is 5.92 Å². The van der Waals surface area contributed by atoms with E-state index in [0.29, 0.717) is 5.92 Å². The van der Waals surface area contributed by atoms with Crippen molar-refractivity contribution in [1.29, 1.82) is 0 Å². The number of hydrogen-bond acceptors (Lipinski definition) is 1. The minimum Gasteiger partial charge on any atom is -0.693 e. The number of hydrogen-bond donors (Lipinski definition) is 0. The van der Waals surface area contributed by atoms with Crippen LogP contribution in [0.3, 0.4) is 0 Å². The summed E-state index contributed by atoms with van der Waals surface area (Å²) in [5.41, 5.74) is 0. The Kier molecular flexibility index (Phi) is 17.7. The third-order valence-electron chi connectivity index (χ3n) is 8.74. The van der Waals surface area contributed by atoms with E-state index >= 15 is 0 Å². The van der Waals surface area contributed by atoms with E-state index in [1.54, 1.807) is 11.3 Å². The molecule has 1 saturated carbocycles. The van der Waals surface area contributed by atoms with Gasteiger partial charge in [-0.1, -0.05) is 188 Å². The maximum Gasteiger partial charge on any atom is 2.00 e. The van der Waals surface area contributed by atoms with Crippen LogP contribution in [0.4, 0.5) is 0 Å². The number of rotatable bonds is 8. The molecule has 8 aromatic rings. The van der Waals surface area contributed by atoms with Crippen LogP contribution in [0.15, 0.2) is 230 Å². The Bertz CT molecular complexity index is 1840. The van der Waals surface area contributed by atoms with Gasteiger partial charge >= 0.3 is 19.5 Å². The fourth-order valence-corrected chi connectivity index (χ4v) is 11.5. The second kappa shape index (κ2) is 23.4. The summed E-state index contributed by atoms with van der Waals surface area (Å²) in [6.07, 6.45) is 9.74. The van der Waals surface area contributed by atoms with Crippen molar-refractivity contribution >= 4 is 59.0 Å². The van der Waals surface area contributed by atoms with Crippen molar-refractivity contribution in [3.63, 3.8) is 0 Å². The first-order chi connectivity index (χ1) is 26.8. The molecule has 0 nitrogen and oxygen atoms in total. The van der Waals surface area contributed by atoms with Crippen molar-refractivity contribution < 1.29 is 19.5 Å². The Hall–Kier alpha value is -4.59.